The number of hydrogen-bond donors (Lipinski definition) is 2. The summed E-state index contributed by atoms with van der Waals surface area (Å²) in [6, 6.07) is 12.7. The van der Waals surface area contributed by atoms with Crippen molar-refractivity contribution < 1.29 is 14.0 Å². The van der Waals surface area contributed by atoms with E-state index >= 15 is 0 Å². The minimum atomic E-state index is -0.395. The third-order valence-electron chi connectivity index (χ3n) is 3.94. The molecule has 0 radical (unpaired) electrons. The zero-order valence-corrected chi connectivity index (χ0v) is 14.5. The highest BCUT2D eigenvalue weighted by Gasteiger charge is 2.31. The quantitative estimate of drug-likeness (QED) is 0.822. The third-order valence-corrected chi connectivity index (χ3v) is 4.73. The summed E-state index contributed by atoms with van der Waals surface area (Å²) in [5.74, 6) is -0.534. The van der Waals surface area contributed by atoms with E-state index in [0.717, 1.165) is 10.6 Å². The number of carbonyl (C=O) groups excluding carboxylic acids is 2. The Labute approximate surface area is 149 Å². The van der Waals surface area contributed by atoms with Crippen molar-refractivity contribution in [3.05, 3.63) is 54.3 Å². The molecule has 0 aliphatic carbocycles. The van der Waals surface area contributed by atoms with Gasteiger partial charge in [0.15, 0.2) is 0 Å². The van der Waals surface area contributed by atoms with Gasteiger partial charge in [0, 0.05) is 23.5 Å². The number of nitrogens with one attached hydrogen (secondary N) is 2. The van der Waals surface area contributed by atoms with Gasteiger partial charge in [-0.05, 0) is 36.6 Å². The van der Waals surface area contributed by atoms with Gasteiger partial charge in [0.2, 0.25) is 5.91 Å². The van der Waals surface area contributed by atoms with E-state index in [-0.39, 0.29) is 24.4 Å². The van der Waals surface area contributed by atoms with Crippen molar-refractivity contribution in [1.29, 1.82) is 0 Å². The third kappa shape index (κ3) is 4.11. The van der Waals surface area contributed by atoms with Crippen molar-refractivity contribution in [2.45, 2.75) is 17.4 Å². The van der Waals surface area contributed by atoms with E-state index < -0.39 is 5.82 Å². The van der Waals surface area contributed by atoms with Gasteiger partial charge in [-0.2, -0.15) is 0 Å². The fourth-order valence-corrected chi connectivity index (χ4v) is 3.34. The maximum absolute atomic E-state index is 13.3. The fraction of sp³-hybridized carbons (Fsp3) is 0.222. The Bertz CT molecular complexity index is 799. The van der Waals surface area contributed by atoms with Crippen LogP contribution in [0.5, 0.6) is 0 Å². The molecule has 2 aromatic rings. The number of amides is 3. The van der Waals surface area contributed by atoms with Gasteiger partial charge in [0.25, 0.3) is 0 Å². The first-order chi connectivity index (χ1) is 12.1. The minimum absolute atomic E-state index is 0.139. The molecule has 1 aliphatic rings. The Morgan fingerprint density at radius 1 is 1.24 bits per heavy atom. The van der Waals surface area contributed by atoms with Crippen LogP contribution >= 0.6 is 11.8 Å². The lowest BCUT2D eigenvalue weighted by atomic mass is 10.2. The summed E-state index contributed by atoms with van der Waals surface area (Å²) in [5.41, 5.74) is 1.22. The van der Waals surface area contributed by atoms with Gasteiger partial charge in [0.05, 0.1) is 11.7 Å². The molecule has 5 nitrogen and oxygen atoms in total. The summed E-state index contributed by atoms with van der Waals surface area (Å²) in [5, 5.41) is 5.61. The first-order valence-electron chi connectivity index (χ1n) is 7.83. The van der Waals surface area contributed by atoms with Gasteiger partial charge in [0.1, 0.15) is 5.82 Å². The number of rotatable bonds is 4. The number of hydrogen-bond acceptors (Lipinski definition) is 3. The number of para-hydroxylation sites is 1. The second kappa shape index (κ2) is 7.57. The van der Waals surface area contributed by atoms with Gasteiger partial charge >= 0.3 is 6.03 Å². The maximum atomic E-state index is 13.3. The SMILES string of the molecule is CSc1ccccc1NC(=O)N[C@@H]1CC(=O)N(c2cccc(F)c2)C1. The minimum Gasteiger partial charge on any atom is -0.333 e. The smallest absolute Gasteiger partial charge is 0.319 e. The second-order valence-electron chi connectivity index (χ2n) is 5.68. The van der Waals surface area contributed by atoms with Crippen molar-refractivity contribution in [2.75, 3.05) is 23.0 Å². The van der Waals surface area contributed by atoms with Crippen LogP contribution in [-0.4, -0.2) is 30.8 Å². The number of urea groups is 1. The lowest BCUT2D eigenvalue weighted by molar-refractivity contribution is -0.117. The van der Waals surface area contributed by atoms with Crippen molar-refractivity contribution in [3.63, 3.8) is 0 Å². The molecule has 130 valence electrons. The molecule has 0 bridgehead atoms. The first kappa shape index (κ1) is 17.3. The summed E-state index contributed by atoms with van der Waals surface area (Å²) in [4.78, 5) is 26.8. The number of carbonyl (C=O) groups is 2. The molecule has 7 heteroatoms. The molecule has 1 aliphatic heterocycles. The second-order valence-corrected chi connectivity index (χ2v) is 6.53. The zero-order chi connectivity index (χ0) is 17.8. The van der Waals surface area contributed by atoms with Crippen molar-refractivity contribution >= 4 is 35.1 Å². The van der Waals surface area contributed by atoms with Gasteiger partial charge in [-0.3, -0.25) is 4.79 Å². The molecule has 3 rings (SSSR count). The fourth-order valence-electron chi connectivity index (χ4n) is 2.79. The topological polar surface area (TPSA) is 61.4 Å². The Morgan fingerprint density at radius 2 is 2.04 bits per heavy atom. The Balaban J connectivity index is 1.62. The van der Waals surface area contributed by atoms with Crippen LogP contribution in [0, 0.1) is 5.82 Å². The predicted octanol–water partition coefficient (Wildman–Crippen LogP) is 3.47. The number of nitrogens with zero attached hydrogens (tertiary/aromatic N) is 1. The van der Waals surface area contributed by atoms with Crippen LogP contribution in [0.4, 0.5) is 20.6 Å². The standard InChI is InChI=1S/C18H18FN3O2S/c1-25-16-8-3-2-7-15(16)21-18(24)20-13-10-17(23)22(11-13)14-6-4-5-12(19)9-14/h2-9,13H,10-11H2,1H3,(H2,20,21,24)/t13-/m1/s1. The van der Waals surface area contributed by atoms with E-state index in [1.807, 2.05) is 30.5 Å². The van der Waals surface area contributed by atoms with Gasteiger partial charge in [-0.15, -0.1) is 11.8 Å². The van der Waals surface area contributed by atoms with Crippen molar-refractivity contribution in [1.82, 2.24) is 5.32 Å². The molecule has 25 heavy (non-hydrogen) atoms. The van der Waals surface area contributed by atoms with E-state index in [1.165, 1.54) is 28.8 Å². The molecule has 1 atom stereocenters. The van der Waals surface area contributed by atoms with Crippen LogP contribution < -0.4 is 15.5 Å². The van der Waals surface area contributed by atoms with E-state index in [2.05, 4.69) is 10.6 Å². The molecular weight excluding hydrogens is 341 g/mol. The Hall–Kier alpha value is -2.54. The average Bonchev–Trinajstić information content (AvgIpc) is 2.95. The largest absolute Gasteiger partial charge is 0.333 e. The molecule has 1 heterocycles. The van der Waals surface area contributed by atoms with Gasteiger partial charge < -0.3 is 15.5 Å². The zero-order valence-electron chi connectivity index (χ0n) is 13.7. The number of anilines is 2. The molecule has 0 unspecified atom stereocenters. The molecule has 2 aromatic carbocycles. The summed E-state index contributed by atoms with van der Waals surface area (Å²) < 4.78 is 13.3. The van der Waals surface area contributed by atoms with Crippen molar-refractivity contribution in [3.8, 4) is 0 Å². The molecule has 1 saturated heterocycles. The van der Waals surface area contributed by atoms with Crippen LogP contribution in [0.2, 0.25) is 0 Å². The monoisotopic (exact) mass is 359 g/mol. The summed E-state index contributed by atoms with van der Waals surface area (Å²) in [7, 11) is 0. The molecule has 1 fully saturated rings. The van der Waals surface area contributed by atoms with E-state index in [9.17, 15) is 14.0 Å². The predicted molar refractivity (Wildman–Crippen MR) is 97.5 cm³/mol. The average molecular weight is 359 g/mol. The molecule has 3 amide bonds. The van der Waals surface area contributed by atoms with Crippen LogP contribution in [-0.2, 0) is 4.79 Å². The van der Waals surface area contributed by atoms with Crippen molar-refractivity contribution in [2.24, 2.45) is 0 Å². The molecular formula is C18H18FN3O2S. The Morgan fingerprint density at radius 3 is 2.80 bits per heavy atom. The number of thioether (sulfide) groups is 1. The van der Waals surface area contributed by atoms with Gasteiger partial charge in [-0.25, -0.2) is 9.18 Å². The first-order valence-corrected chi connectivity index (χ1v) is 9.06. The maximum Gasteiger partial charge on any atom is 0.319 e. The molecule has 0 saturated carbocycles. The lowest BCUT2D eigenvalue weighted by Crippen LogP contribution is -2.39. The highest BCUT2D eigenvalue weighted by Crippen LogP contribution is 2.25. The van der Waals surface area contributed by atoms with E-state index in [1.54, 1.807) is 12.1 Å². The number of benzene rings is 2. The summed E-state index contributed by atoms with van der Waals surface area (Å²) in [6.07, 6.45) is 2.12. The highest BCUT2D eigenvalue weighted by molar-refractivity contribution is 7.98. The van der Waals surface area contributed by atoms with Crippen LogP contribution in [0.1, 0.15) is 6.42 Å². The number of halogens is 1. The highest BCUT2D eigenvalue weighted by atomic mass is 32.2. The van der Waals surface area contributed by atoms with E-state index in [4.69, 9.17) is 0 Å². The van der Waals surface area contributed by atoms with E-state index in [0.29, 0.717) is 12.2 Å². The lowest BCUT2D eigenvalue weighted by Gasteiger charge is -2.18. The molecule has 0 spiro atoms. The molecule has 2 N–H and O–H groups in total. The molecule has 0 aromatic heterocycles. The Kier molecular flexibility index (Phi) is 5.23. The summed E-state index contributed by atoms with van der Waals surface area (Å²) in [6.45, 7) is 0.319. The van der Waals surface area contributed by atoms with Crippen LogP contribution in [0.15, 0.2) is 53.4 Å². The normalized spacial score (nSPS) is 16.8. The van der Waals surface area contributed by atoms with Crippen LogP contribution in [0.3, 0.4) is 0 Å². The van der Waals surface area contributed by atoms with Crippen LogP contribution in [0.25, 0.3) is 0 Å². The van der Waals surface area contributed by atoms with Gasteiger partial charge in [-0.1, -0.05) is 18.2 Å². The summed E-state index contributed by atoms with van der Waals surface area (Å²) >= 11 is 1.54.